The van der Waals surface area contributed by atoms with Crippen molar-refractivity contribution in [3.63, 3.8) is 0 Å². The van der Waals surface area contributed by atoms with Gasteiger partial charge in [0.15, 0.2) is 0 Å². The molecule has 2 aromatic carbocycles. The highest BCUT2D eigenvalue weighted by atomic mass is 35.5. The van der Waals surface area contributed by atoms with E-state index in [0.29, 0.717) is 28.6 Å². The van der Waals surface area contributed by atoms with Gasteiger partial charge >= 0.3 is 0 Å². The summed E-state index contributed by atoms with van der Waals surface area (Å²) in [7, 11) is 1.64. The third kappa shape index (κ3) is 3.69. The van der Waals surface area contributed by atoms with Crippen molar-refractivity contribution in [1.29, 1.82) is 0 Å². The Balaban J connectivity index is 1.52. The number of H-pyrrole nitrogens is 1. The molecule has 2 aromatic heterocycles. The van der Waals surface area contributed by atoms with Gasteiger partial charge in [-0.05, 0) is 44.0 Å². The van der Waals surface area contributed by atoms with E-state index in [9.17, 15) is 4.79 Å². The molecule has 32 heavy (non-hydrogen) atoms. The van der Waals surface area contributed by atoms with Crippen LogP contribution in [0.25, 0.3) is 22.3 Å². The standard InChI is InChI=1S/C24H22ClN5O2/c1-14-26-13-18(22(27-14)15-5-3-6-16(25)11-15)24(31)30-10-4-7-21(30)23-28-19-9-8-17(32-2)12-20(19)29-23/h3,5-6,8-9,11-13,21H,4,7,10H2,1-2H3,(H,28,29)/t21-/m0/s1. The van der Waals surface area contributed by atoms with Crippen molar-refractivity contribution >= 4 is 28.5 Å². The second-order valence-corrected chi connectivity index (χ2v) is 8.29. The lowest BCUT2D eigenvalue weighted by Gasteiger charge is -2.24. The number of aryl methyl sites for hydroxylation is 1. The topological polar surface area (TPSA) is 84.0 Å². The third-order valence-corrected chi connectivity index (χ3v) is 6.01. The van der Waals surface area contributed by atoms with Gasteiger partial charge < -0.3 is 14.6 Å². The Hall–Kier alpha value is -3.45. The van der Waals surface area contributed by atoms with Crippen LogP contribution in [0.3, 0.4) is 0 Å². The number of aromatic amines is 1. The number of fused-ring (bicyclic) bond motifs is 1. The molecule has 0 spiro atoms. The monoisotopic (exact) mass is 447 g/mol. The quantitative estimate of drug-likeness (QED) is 0.477. The molecule has 4 aromatic rings. The summed E-state index contributed by atoms with van der Waals surface area (Å²) in [5.74, 6) is 2.02. The molecule has 0 unspecified atom stereocenters. The molecule has 0 saturated carbocycles. The Morgan fingerprint density at radius 1 is 1.22 bits per heavy atom. The van der Waals surface area contributed by atoms with Gasteiger partial charge in [0.05, 0.1) is 35.4 Å². The number of benzene rings is 2. The average molecular weight is 448 g/mol. The van der Waals surface area contributed by atoms with Gasteiger partial charge in [-0.15, -0.1) is 0 Å². The van der Waals surface area contributed by atoms with Crippen LogP contribution in [0.15, 0.2) is 48.7 Å². The van der Waals surface area contributed by atoms with Crippen molar-refractivity contribution in [1.82, 2.24) is 24.8 Å². The Morgan fingerprint density at radius 3 is 2.91 bits per heavy atom. The molecule has 5 rings (SSSR count). The van der Waals surface area contributed by atoms with Gasteiger partial charge in [-0.2, -0.15) is 0 Å². The Labute approximate surface area is 190 Å². The van der Waals surface area contributed by atoms with Crippen LogP contribution in [0, 0.1) is 6.92 Å². The number of nitrogens with one attached hydrogen (secondary N) is 1. The predicted molar refractivity (Wildman–Crippen MR) is 123 cm³/mol. The maximum absolute atomic E-state index is 13.7. The molecule has 1 fully saturated rings. The second kappa shape index (κ2) is 8.24. The summed E-state index contributed by atoms with van der Waals surface area (Å²) < 4.78 is 5.31. The number of carbonyl (C=O) groups excluding carboxylic acids is 1. The van der Waals surface area contributed by atoms with Gasteiger partial charge in [-0.1, -0.05) is 23.7 Å². The van der Waals surface area contributed by atoms with Crippen LogP contribution in [0.5, 0.6) is 5.75 Å². The summed E-state index contributed by atoms with van der Waals surface area (Å²) in [6, 6.07) is 12.9. The fourth-order valence-corrected chi connectivity index (χ4v) is 4.41. The van der Waals surface area contributed by atoms with Crippen LogP contribution in [0.4, 0.5) is 0 Å². The molecule has 1 aliphatic rings. The molecule has 1 saturated heterocycles. The number of hydrogen-bond acceptors (Lipinski definition) is 5. The van der Waals surface area contributed by atoms with Gasteiger partial charge in [-0.25, -0.2) is 15.0 Å². The van der Waals surface area contributed by atoms with Crippen molar-refractivity contribution in [2.75, 3.05) is 13.7 Å². The number of hydrogen-bond donors (Lipinski definition) is 1. The van der Waals surface area contributed by atoms with Crippen LogP contribution < -0.4 is 4.74 Å². The number of likely N-dealkylation sites (tertiary alicyclic amines) is 1. The molecule has 1 amide bonds. The number of methoxy groups -OCH3 is 1. The summed E-state index contributed by atoms with van der Waals surface area (Å²) >= 11 is 6.20. The molecule has 0 radical (unpaired) electrons. The van der Waals surface area contributed by atoms with E-state index in [2.05, 4.69) is 15.0 Å². The smallest absolute Gasteiger partial charge is 0.258 e. The van der Waals surface area contributed by atoms with E-state index in [1.54, 1.807) is 19.4 Å². The zero-order chi connectivity index (χ0) is 22.2. The lowest BCUT2D eigenvalue weighted by atomic mass is 10.1. The molecule has 162 valence electrons. The summed E-state index contributed by atoms with van der Waals surface area (Å²) in [5.41, 5.74) is 3.57. The lowest BCUT2D eigenvalue weighted by molar-refractivity contribution is 0.0730. The van der Waals surface area contributed by atoms with E-state index in [4.69, 9.17) is 21.3 Å². The number of ether oxygens (including phenoxy) is 1. The highest BCUT2D eigenvalue weighted by Crippen LogP contribution is 2.35. The lowest BCUT2D eigenvalue weighted by Crippen LogP contribution is -2.31. The molecular weight excluding hydrogens is 426 g/mol. The van der Waals surface area contributed by atoms with E-state index >= 15 is 0 Å². The van der Waals surface area contributed by atoms with Crippen molar-refractivity contribution in [2.24, 2.45) is 0 Å². The minimum atomic E-state index is -0.144. The second-order valence-electron chi connectivity index (χ2n) is 7.85. The van der Waals surface area contributed by atoms with E-state index < -0.39 is 0 Å². The Bertz CT molecular complexity index is 1320. The minimum absolute atomic E-state index is 0.111. The highest BCUT2D eigenvalue weighted by molar-refractivity contribution is 6.30. The molecule has 0 aliphatic carbocycles. The van der Waals surface area contributed by atoms with Crippen LogP contribution in [-0.2, 0) is 0 Å². The summed E-state index contributed by atoms with van der Waals surface area (Å²) in [6.45, 7) is 2.45. The largest absolute Gasteiger partial charge is 0.497 e. The number of aromatic nitrogens is 4. The molecule has 8 heteroatoms. The van der Waals surface area contributed by atoms with Crippen molar-refractivity contribution in [3.8, 4) is 17.0 Å². The minimum Gasteiger partial charge on any atom is -0.497 e. The zero-order valence-electron chi connectivity index (χ0n) is 17.8. The van der Waals surface area contributed by atoms with Gasteiger partial charge in [0.1, 0.15) is 17.4 Å². The molecule has 1 atom stereocenters. The summed E-state index contributed by atoms with van der Waals surface area (Å²) in [5, 5.41) is 0.592. The average Bonchev–Trinajstić information content (AvgIpc) is 3.45. The maximum atomic E-state index is 13.7. The number of halogens is 1. The predicted octanol–water partition coefficient (Wildman–Crippen LogP) is 4.97. The third-order valence-electron chi connectivity index (χ3n) is 5.77. The fraction of sp³-hybridized carbons (Fsp3) is 0.250. The normalized spacial score (nSPS) is 16.0. The van der Waals surface area contributed by atoms with Crippen LogP contribution in [0.1, 0.15) is 40.9 Å². The first-order chi connectivity index (χ1) is 15.5. The Morgan fingerprint density at radius 2 is 2.09 bits per heavy atom. The van der Waals surface area contributed by atoms with E-state index in [1.807, 2.05) is 48.2 Å². The SMILES string of the molecule is COc1ccc2nc([C@@H]3CCCN3C(=O)c3cnc(C)nc3-c3cccc(Cl)c3)[nH]c2c1. The molecular formula is C24H22ClN5O2. The van der Waals surface area contributed by atoms with Crippen molar-refractivity contribution in [3.05, 3.63) is 70.9 Å². The first kappa shape index (κ1) is 20.5. The number of amides is 1. The van der Waals surface area contributed by atoms with Gasteiger partial charge in [0.25, 0.3) is 5.91 Å². The molecule has 0 bridgehead atoms. The summed E-state index contributed by atoms with van der Waals surface area (Å²) in [6.07, 6.45) is 3.34. The van der Waals surface area contributed by atoms with Crippen LogP contribution in [-0.4, -0.2) is 44.4 Å². The van der Waals surface area contributed by atoms with Crippen molar-refractivity contribution < 1.29 is 9.53 Å². The van der Waals surface area contributed by atoms with E-state index in [-0.39, 0.29) is 11.9 Å². The van der Waals surface area contributed by atoms with Gasteiger partial charge in [-0.3, -0.25) is 4.79 Å². The van der Waals surface area contributed by atoms with E-state index in [1.165, 1.54) is 0 Å². The van der Waals surface area contributed by atoms with Crippen molar-refractivity contribution in [2.45, 2.75) is 25.8 Å². The van der Waals surface area contributed by atoms with Gasteiger partial charge in [0, 0.05) is 29.4 Å². The van der Waals surface area contributed by atoms with Crippen LogP contribution >= 0.6 is 11.6 Å². The zero-order valence-corrected chi connectivity index (χ0v) is 18.6. The first-order valence-electron chi connectivity index (χ1n) is 10.5. The summed E-state index contributed by atoms with van der Waals surface area (Å²) in [4.78, 5) is 32.5. The number of imidazole rings is 1. The highest BCUT2D eigenvalue weighted by Gasteiger charge is 2.34. The fourth-order valence-electron chi connectivity index (χ4n) is 4.22. The van der Waals surface area contributed by atoms with Crippen LogP contribution in [0.2, 0.25) is 5.02 Å². The maximum Gasteiger partial charge on any atom is 0.258 e. The number of rotatable bonds is 4. The number of carbonyl (C=O) groups is 1. The molecule has 7 nitrogen and oxygen atoms in total. The van der Waals surface area contributed by atoms with Gasteiger partial charge in [0.2, 0.25) is 0 Å². The van der Waals surface area contributed by atoms with E-state index in [0.717, 1.165) is 41.0 Å². The molecule has 1 N–H and O–H groups in total. The first-order valence-corrected chi connectivity index (χ1v) is 10.9. The molecule has 1 aliphatic heterocycles. The number of nitrogens with zero attached hydrogens (tertiary/aromatic N) is 4. The Kier molecular flexibility index (Phi) is 5.27. The molecule has 3 heterocycles.